The standard InChI is InChI=1S/C29H31Cl4N3O4S/c1-5-26(28(38)34-29(2,3)4)35(17-23-24(32)10-7-11-25(23)33)27(37)18-36(21-9-6-8-20(31)16-21)41(39,40)22-14-12-19(30)13-15-22/h6-16,26H,5,17-18H2,1-4H3,(H,34,38)/t26-/m0/s1. The van der Waals surface area contributed by atoms with Gasteiger partial charge >= 0.3 is 0 Å². The molecule has 0 heterocycles. The van der Waals surface area contributed by atoms with Gasteiger partial charge in [-0.3, -0.25) is 13.9 Å². The molecule has 2 amide bonds. The Morgan fingerprint density at radius 3 is 2.00 bits per heavy atom. The molecule has 0 aromatic heterocycles. The molecule has 1 atom stereocenters. The van der Waals surface area contributed by atoms with Gasteiger partial charge in [0.15, 0.2) is 0 Å². The first-order chi connectivity index (χ1) is 19.1. The summed E-state index contributed by atoms with van der Waals surface area (Å²) >= 11 is 25.1. The molecular weight excluding hydrogens is 628 g/mol. The SMILES string of the molecule is CC[C@@H](C(=O)NC(C)(C)C)N(Cc1c(Cl)cccc1Cl)C(=O)CN(c1cccc(Cl)c1)S(=O)(=O)c1ccc(Cl)cc1. The topological polar surface area (TPSA) is 86.8 Å². The van der Waals surface area contributed by atoms with E-state index in [1.807, 2.05) is 20.8 Å². The van der Waals surface area contributed by atoms with Gasteiger partial charge < -0.3 is 10.2 Å². The molecule has 0 saturated heterocycles. The van der Waals surface area contributed by atoms with Gasteiger partial charge in [-0.15, -0.1) is 0 Å². The Kier molecular flexibility index (Phi) is 11.0. The van der Waals surface area contributed by atoms with Crippen LogP contribution in [0.15, 0.2) is 71.6 Å². The van der Waals surface area contributed by atoms with E-state index in [1.165, 1.54) is 41.3 Å². The van der Waals surface area contributed by atoms with Gasteiger partial charge in [0.05, 0.1) is 10.6 Å². The van der Waals surface area contributed by atoms with Crippen molar-refractivity contribution in [2.45, 2.75) is 57.1 Å². The summed E-state index contributed by atoms with van der Waals surface area (Å²) in [6, 6.07) is 15.7. The van der Waals surface area contributed by atoms with Crippen molar-refractivity contribution in [1.29, 1.82) is 0 Å². The van der Waals surface area contributed by atoms with E-state index >= 15 is 0 Å². The first-order valence-corrected chi connectivity index (χ1v) is 15.7. The summed E-state index contributed by atoms with van der Waals surface area (Å²) in [4.78, 5) is 28.8. The molecule has 1 N–H and O–H groups in total. The smallest absolute Gasteiger partial charge is 0.264 e. The first kappa shape index (κ1) is 33.0. The molecule has 0 spiro atoms. The van der Waals surface area contributed by atoms with Crippen molar-refractivity contribution < 1.29 is 18.0 Å². The fraction of sp³-hybridized carbons (Fsp3) is 0.310. The molecule has 0 radical (unpaired) electrons. The highest BCUT2D eigenvalue weighted by Crippen LogP contribution is 2.30. The van der Waals surface area contributed by atoms with Crippen molar-refractivity contribution in [3.63, 3.8) is 0 Å². The molecular formula is C29H31Cl4N3O4S. The van der Waals surface area contributed by atoms with E-state index in [9.17, 15) is 18.0 Å². The number of anilines is 1. The highest BCUT2D eigenvalue weighted by molar-refractivity contribution is 7.92. The second kappa shape index (κ2) is 13.7. The maximum atomic E-state index is 14.1. The van der Waals surface area contributed by atoms with Crippen LogP contribution in [0.25, 0.3) is 0 Å². The summed E-state index contributed by atoms with van der Waals surface area (Å²) in [5, 5.41) is 4.16. The molecule has 7 nitrogen and oxygen atoms in total. The second-order valence-corrected chi connectivity index (χ2v) is 13.9. The normalized spacial score (nSPS) is 12.5. The van der Waals surface area contributed by atoms with Crippen LogP contribution in [0.5, 0.6) is 0 Å². The minimum absolute atomic E-state index is 0.0760. The number of carbonyl (C=O) groups is 2. The summed E-state index contributed by atoms with van der Waals surface area (Å²) < 4.78 is 28.7. The van der Waals surface area contributed by atoms with Crippen LogP contribution in [0.3, 0.4) is 0 Å². The van der Waals surface area contributed by atoms with Gasteiger partial charge in [-0.25, -0.2) is 8.42 Å². The highest BCUT2D eigenvalue weighted by atomic mass is 35.5. The van der Waals surface area contributed by atoms with Crippen LogP contribution < -0.4 is 9.62 Å². The fourth-order valence-corrected chi connectivity index (χ4v) is 6.35. The molecule has 0 bridgehead atoms. The summed E-state index contributed by atoms with van der Waals surface area (Å²) in [6.45, 7) is 6.49. The predicted molar refractivity (Wildman–Crippen MR) is 166 cm³/mol. The van der Waals surface area contributed by atoms with E-state index < -0.39 is 40.0 Å². The number of hydrogen-bond acceptors (Lipinski definition) is 4. The second-order valence-electron chi connectivity index (χ2n) is 10.3. The molecule has 3 aromatic carbocycles. The van der Waals surface area contributed by atoms with Gasteiger partial charge in [0.2, 0.25) is 11.8 Å². The Balaban J connectivity index is 2.12. The monoisotopic (exact) mass is 657 g/mol. The summed E-state index contributed by atoms with van der Waals surface area (Å²) in [7, 11) is -4.27. The predicted octanol–water partition coefficient (Wildman–Crippen LogP) is 7.22. The van der Waals surface area contributed by atoms with Gasteiger partial charge in [-0.05, 0) is 81.8 Å². The van der Waals surface area contributed by atoms with Crippen LogP contribution in [0.4, 0.5) is 5.69 Å². The molecule has 41 heavy (non-hydrogen) atoms. The van der Waals surface area contributed by atoms with E-state index in [1.54, 1.807) is 37.3 Å². The lowest BCUT2D eigenvalue weighted by atomic mass is 10.1. The fourth-order valence-electron chi connectivity index (χ4n) is 4.12. The minimum Gasteiger partial charge on any atom is -0.350 e. The van der Waals surface area contributed by atoms with Crippen molar-refractivity contribution in [3.05, 3.63) is 92.4 Å². The number of benzene rings is 3. The molecule has 0 fully saturated rings. The number of nitrogens with one attached hydrogen (secondary N) is 1. The lowest BCUT2D eigenvalue weighted by molar-refractivity contribution is -0.141. The number of hydrogen-bond donors (Lipinski definition) is 1. The van der Waals surface area contributed by atoms with E-state index in [2.05, 4.69) is 5.32 Å². The minimum atomic E-state index is -4.27. The van der Waals surface area contributed by atoms with E-state index in [0.717, 1.165) is 4.31 Å². The quantitative estimate of drug-likeness (QED) is 0.249. The third-order valence-corrected chi connectivity index (χ3v) is 9.03. The van der Waals surface area contributed by atoms with E-state index in [4.69, 9.17) is 46.4 Å². The average Bonchev–Trinajstić information content (AvgIpc) is 2.87. The molecule has 3 rings (SSSR count). The van der Waals surface area contributed by atoms with Crippen molar-refractivity contribution in [1.82, 2.24) is 10.2 Å². The zero-order chi connectivity index (χ0) is 30.5. The first-order valence-electron chi connectivity index (χ1n) is 12.7. The van der Waals surface area contributed by atoms with Gasteiger partial charge in [0.1, 0.15) is 12.6 Å². The van der Waals surface area contributed by atoms with E-state index in [-0.39, 0.29) is 28.6 Å². The van der Waals surface area contributed by atoms with Gasteiger partial charge in [0, 0.05) is 37.7 Å². The van der Waals surface area contributed by atoms with Crippen LogP contribution in [0, 0.1) is 0 Å². The third kappa shape index (κ3) is 8.52. The molecule has 220 valence electrons. The molecule has 0 aliphatic rings. The Morgan fingerprint density at radius 2 is 1.46 bits per heavy atom. The molecule has 0 aliphatic carbocycles. The van der Waals surface area contributed by atoms with Crippen molar-refractivity contribution >= 4 is 73.9 Å². The van der Waals surface area contributed by atoms with E-state index in [0.29, 0.717) is 20.6 Å². The zero-order valence-electron chi connectivity index (χ0n) is 23.0. The average molecular weight is 659 g/mol. The largest absolute Gasteiger partial charge is 0.350 e. The molecule has 3 aromatic rings. The van der Waals surface area contributed by atoms with Gasteiger partial charge in [0.25, 0.3) is 10.0 Å². The van der Waals surface area contributed by atoms with Gasteiger partial charge in [-0.1, -0.05) is 65.5 Å². The van der Waals surface area contributed by atoms with Crippen molar-refractivity contribution in [3.8, 4) is 0 Å². The van der Waals surface area contributed by atoms with Crippen LogP contribution >= 0.6 is 46.4 Å². The van der Waals surface area contributed by atoms with Gasteiger partial charge in [-0.2, -0.15) is 0 Å². The number of halogens is 4. The van der Waals surface area contributed by atoms with Crippen LogP contribution in [-0.2, 0) is 26.2 Å². The number of rotatable bonds is 10. The molecule has 0 unspecified atom stereocenters. The molecule has 0 aliphatic heterocycles. The van der Waals surface area contributed by atoms with Crippen LogP contribution in [0.1, 0.15) is 39.7 Å². The number of nitrogens with zero attached hydrogens (tertiary/aromatic N) is 2. The highest BCUT2D eigenvalue weighted by Gasteiger charge is 2.35. The Morgan fingerprint density at radius 1 is 0.878 bits per heavy atom. The number of sulfonamides is 1. The zero-order valence-corrected chi connectivity index (χ0v) is 26.8. The maximum absolute atomic E-state index is 14.1. The lowest BCUT2D eigenvalue weighted by Crippen LogP contribution is -2.55. The Hall–Kier alpha value is -2.49. The van der Waals surface area contributed by atoms with Crippen LogP contribution in [-0.4, -0.2) is 43.3 Å². The Bertz CT molecular complexity index is 1490. The lowest BCUT2D eigenvalue weighted by Gasteiger charge is -2.35. The van der Waals surface area contributed by atoms with Crippen molar-refractivity contribution in [2.24, 2.45) is 0 Å². The van der Waals surface area contributed by atoms with Crippen LogP contribution in [0.2, 0.25) is 20.1 Å². The molecule has 0 saturated carbocycles. The summed E-state index contributed by atoms with van der Waals surface area (Å²) in [5.74, 6) is -1.04. The summed E-state index contributed by atoms with van der Waals surface area (Å²) in [5.41, 5.74) is 0.0243. The molecule has 12 heteroatoms. The maximum Gasteiger partial charge on any atom is 0.264 e. The summed E-state index contributed by atoms with van der Waals surface area (Å²) in [6.07, 6.45) is 0.247. The Labute approximate surface area is 261 Å². The third-order valence-electron chi connectivity index (χ3n) is 6.05. The number of amides is 2. The number of carbonyl (C=O) groups excluding carboxylic acids is 2. The van der Waals surface area contributed by atoms with Crippen molar-refractivity contribution in [2.75, 3.05) is 10.8 Å².